The maximum absolute atomic E-state index is 10.7. The van der Waals surface area contributed by atoms with Gasteiger partial charge in [0.1, 0.15) is 0 Å². The third kappa shape index (κ3) is 17.9. The van der Waals surface area contributed by atoms with Gasteiger partial charge in [-0.1, -0.05) is 6.92 Å². The van der Waals surface area contributed by atoms with Gasteiger partial charge in [0, 0.05) is 6.92 Å². The molecule has 0 N–H and O–H groups in total. The van der Waals surface area contributed by atoms with E-state index in [0.29, 0.717) is 12.3 Å². The Hall–Kier alpha value is -0.0700. The van der Waals surface area contributed by atoms with E-state index in [1.54, 1.807) is 0 Å². The molecule has 0 aliphatic heterocycles. The Bertz CT molecular complexity index is 279. The molecule has 0 rings (SSSR count). The number of nitrogens with zero attached hydrogens (tertiary/aromatic N) is 1. The van der Waals surface area contributed by atoms with E-state index in [9.17, 15) is 25.2 Å². The molecule has 2 nitrogen and oxygen atoms in total. The summed E-state index contributed by atoms with van der Waals surface area (Å²) in [6.07, 6.45) is 1.86. The van der Waals surface area contributed by atoms with Gasteiger partial charge in [0.15, 0.2) is 6.23 Å². The van der Waals surface area contributed by atoms with Crippen LogP contribution in [-0.4, -0.2) is 37.0 Å². The third-order valence-corrected chi connectivity index (χ3v) is 2.80. The topological polar surface area (TPSA) is 9.23 Å². The van der Waals surface area contributed by atoms with Gasteiger partial charge in [0.2, 0.25) is 0 Å². The second kappa shape index (κ2) is 6.36. The zero-order chi connectivity index (χ0) is 16.9. The van der Waals surface area contributed by atoms with Crippen molar-refractivity contribution in [3.8, 4) is 0 Å². The summed E-state index contributed by atoms with van der Waals surface area (Å²) in [6, 6.07) is 0. The van der Waals surface area contributed by atoms with Crippen molar-refractivity contribution in [2.75, 3.05) is 20.1 Å². The molecule has 2 unspecified atom stereocenters. The third-order valence-electron chi connectivity index (χ3n) is 2.80. The standard InChI is InChI=1S/C11H26NO.F6P/c1-7-9-12(6,8-2)11(5)13-10(3)4;1-7(2,3,4,5)6/h10-11H,7-9H2,1-6H3;/q+1;-1. The molecule has 128 valence electrons. The molecule has 0 aromatic heterocycles. The fraction of sp³-hybridized carbons (Fsp3) is 1.00. The maximum atomic E-state index is 9.87. The normalized spacial score (nSPS) is 20.2. The summed E-state index contributed by atoms with van der Waals surface area (Å²) in [7, 11) is -8.38. The molecule has 0 spiro atoms. The molecule has 20 heavy (non-hydrogen) atoms. The molecular formula is C11H26F6NOP. The van der Waals surface area contributed by atoms with Crippen LogP contribution in [0.15, 0.2) is 0 Å². The molecule has 0 radical (unpaired) electrons. The summed E-state index contributed by atoms with van der Waals surface area (Å²) in [5.41, 5.74) is 0. The van der Waals surface area contributed by atoms with Crippen molar-refractivity contribution >= 4 is 7.81 Å². The molecule has 0 aromatic carbocycles. The number of hydrogen-bond acceptors (Lipinski definition) is 1. The molecule has 0 aliphatic rings. The Morgan fingerprint density at radius 1 is 0.950 bits per heavy atom. The van der Waals surface area contributed by atoms with Crippen LogP contribution in [0.2, 0.25) is 0 Å². The predicted octanol–water partition coefficient (Wildman–Crippen LogP) is 6.02. The van der Waals surface area contributed by atoms with E-state index in [1.807, 2.05) is 0 Å². The molecule has 0 saturated carbocycles. The first kappa shape index (κ1) is 22.2. The number of hydrogen-bond donors (Lipinski definition) is 0. The first-order valence-electron chi connectivity index (χ1n) is 6.47. The number of quaternary nitrogens is 1. The van der Waals surface area contributed by atoms with E-state index in [2.05, 4.69) is 41.7 Å². The van der Waals surface area contributed by atoms with Gasteiger partial charge in [-0.2, -0.15) is 0 Å². The summed E-state index contributed by atoms with van der Waals surface area (Å²) in [4.78, 5) is 0. The van der Waals surface area contributed by atoms with Crippen LogP contribution in [0.3, 0.4) is 0 Å². The zero-order valence-corrected chi connectivity index (χ0v) is 13.7. The zero-order valence-electron chi connectivity index (χ0n) is 12.8. The summed E-state index contributed by atoms with van der Waals surface area (Å²) >= 11 is 0. The fourth-order valence-electron chi connectivity index (χ4n) is 1.65. The van der Waals surface area contributed by atoms with Crippen molar-refractivity contribution in [3.63, 3.8) is 0 Å². The van der Waals surface area contributed by atoms with E-state index in [4.69, 9.17) is 4.74 Å². The van der Waals surface area contributed by atoms with Crippen LogP contribution < -0.4 is 0 Å². The van der Waals surface area contributed by atoms with E-state index < -0.39 is 7.81 Å². The monoisotopic (exact) mass is 333 g/mol. The van der Waals surface area contributed by atoms with Crippen molar-refractivity contribution in [3.05, 3.63) is 0 Å². The van der Waals surface area contributed by atoms with Gasteiger partial charge in [-0.15, -0.1) is 0 Å². The van der Waals surface area contributed by atoms with E-state index in [1.165, 1.54) is 13.0 Å². The van der Waals surface area contributed by atoms with Gasteiger partial charge >= 0.3 is 33.0 Å². The minimum atomic E-state index is -10.7. The molecule has 0 heterocycles. The Morgan fingerprint density at radius 2 is 1.30 bits per heavy atom. The van der Waals surface area contributed by atoms with Crippen LogP contribution in [0.4, 0.5) is 25.2 Å². The van der Waals surface area contributed by atoms with Crippen molar-refractivity contribution in [1.82, 2.24) is 0 Å². The Morgan fingerprint density at radius 3 is 1.50 bits per heavy atom. The SMILES string of the molecule is CCC[N+](C)(CC)C(C)OC(C)C.F[P-](F)(F)(F)(F)F. The van der Waals surface area contributed by atoms with Crippen LogP contribution in [0, 0.1) is 0 Å². The Balaban J connectivity index is 0. The minimum absolute atomic E-state index is 0.310. The number of ether oxygens (including phenoxy) is 1. The molecule has 0 fully saturated rings. The molecule has 0 bridgehead atoms. The molecule has 0 aliphatic carbocycles. The number of halogens is 6. The molecule has 0 amide bonds. The van der Waals surface area contributed by atoms with Crippen molar-refractivity contribution in [1.29, 1.82) is 0 Å². The van der Waals surface area contributed by atoms with Crippen LogP contribution in [-0.2, 0) is 4.74 Å². The van der Waals surface area contributed by atoms with Gasteiger partial charge in [0.25, 0.3) is 0 Å². The molecule has 2 atom stereocenters. The van der Waals surface area contributed by atoms with Crippen LogP contribution in [0.1, 0.15) is 41.0 Å². The quantitative estimate of drug-likeness (QED) is 0.250. The van der Waals surface area contributed by atoms with Gasteiger partial charge in [0.05, 0.1) is 26.2 Å². The predicted molar refractivity (Wildman–Crippen MR) is 71.1 cm³/mol. The second-order valence-corrected chi connectivity index (χ2v) is 7.18. The van der Waals surface area contributed by atoms with Crippen molar-refractivity contribution < 1.29 is 34.4 Å². The summed E-state index contributed by atoms with van der Waals surface area (Å²) in [5, 5.41) is 0. The van der Waals surface area contributed by atoms with Crippen LogP contribution >= 0.6 is 7.81 Å². The van der Waals surface area contributed by atoms with Gasteiger partial charge < -0.3 is 9.22 Å². The first-order chi connectivity index (χ1) is 8.41. The van der Waals surface area contributed by atoms with E-state index in [0.717, 1.165) is 11.0 Å². The summed E-state index contributed by atoms with van der Waals surface area (Å²) in [5.74, 6) is 0. The van der Waals surface area contributed by atoms with Gasteiger partial charge in [-0.3, -0.25) is 0 Å². The second-order valence-electron chi connectivity index (χ2n) is 5.26. The molecule has 0 aromatic rings. The van der Waals surface area contributed by atoms with Gasteiger partial charge in [-0.05, 0) is 27.2 Å². The Labute approximate surface area is 116 Å². The van der Waals surface area contributed by atoms with Crippen LogP contribution in [0.25, 0.3) is 0 Å². The van der Waals surface area contributed by atoms with Crippen molar-refractivity contribution in [2.24, 2.45) is 0 Å². The summed E-state index contributed by atoms with van der Waals surface area (Å²) < 4.78 is 66.0. The van der Waals surface area contributed by atoms with E-state index >= 15 is 0 Å². The Kier molecular flexibility index (Phi) is 7.07. The fourth-order valence-corrected chi connectivity index (χ4v) is 1.65. The first-order valence-corrected chi connectivity index (χ1v) is 8.50. The van der Waals surface area contributed by atoms with Crippen LogP contribution in [0.5, 0.6) is 0 Å². The summed E-state index contributed by atoms with van der Waals surface area (Å²) in [6.45, 7) is 13.2. The average Bonchev–Trinajstić information content (AvgIpc) is 2.11. The molecular weight excluding hydrogens is 307 g/mol. The van der Waals surface area contributed by atoms with Gasteiger partial charge in [-0.25, -0.2) is 0 Å². The number of rotatable bonds is 6. The molecule has 9 heteroatoms. The van der Waals surface area contributed by atoms with Crippen molar-refractivity contribution in [2.45, 2.75) is 53.4 Å². The van der Waals surface area contributed by atoms with E-state index in [-0.39, 0.29) is 0 Å². The molecule has 0 saturated heterocycles. The average molecular weight is 333 g/mol.